The minimum absolute atomic E-state index is 0.793. The number of rotatable bonds is 6. The van der Waals surface area contributed by atoms with E-state index in [1.807, 2.05) is 12.3 Å². The van der Waals surface area contributed by atoms with Crippen molar-refractivity contribution in [3.63, 3.8) is 0 Å². The number of nitrogens with one attached hydrogen (secondary N) is 1. The summed E-state index contributed by atoms with van der Waals surface area (Å²) in [6.07, 6.45) is 4.36. The van der Waals surface area contributed by atoms with Crippen molar-refractivity contribution in [2.75, 3.05) is 44.8 Å². The van der Waals surface area contributed by atoms with Crippen LogP contribution < -0.4 is 10.2 Å². The van der Waals surface area contributed by atoms with Crippen molar-refractivity contribution >= 4 is 5.82 Å². The zero-order valence-corrected chi connectivity index (χ0v) is 11.1. The molecule has 1 fully saturated rings. The molecule has 4 heteroatoms. The first kappa shape index (κ1) is 13.3. The van der Waals surface area contributed by atoms with E-state index in [0.717, 1.165) is 44.5 Å². The van der Waals surface area contributed by atoms with Gasteiger partial charge < -0.3 is 15.0 Å². The molecule has 0 amide bonds. The lowest BCUT2D eigenvalue weighted by molar-refractivity contribution is 0.197. The first-order chi connectivity index (χ1) is 8.90. The summed E-state index contributed by atoms with van der Waals surface area (Å²) in [5.41, 5.74) is 0. The number of anilines is 1. The van der Waals surface area contributed by atoms with Crippen LogP contribution in [0.3, 0.4) is 0 Å². The third-order valence-corrected chi connectivity index (χ3v) is 3.50. The molecule has 0 radical (unpaired) electrons. The molecular formula is C14H23N3O. The first-order valence-corrected chi connectivity index (χ1v) is 6.76. The molecule has 0 aromatic carbocycles. The fourth-order valence-electron chi connectivity index (χ4n) is 2.39. The first-order valence-electron chi connectivity index (χ1n) is 6.76. The molecule has 0 unspecified atom stereocenters. The van der Waals surface area contributed by atoms with E-state index in [9.17, 15) is 0 Å². The van der Waals surface area contributed by atoms with E-state index >= 15 is 0 Å². The summed E-state index contributed by atoms with van der Waals surface area (Å²) in [6.45, 7) is 5.10. The van der Waals surface area contributed by atoms with Crippen molar-refractivity contribution in [2.45, 2.75) is 12.8 Å². The van der Waals surface area contributed by atoms with Crippen LogP contribution in [0, 0.1) is 5.92 Å². The van der Waals surface area contributed by atoms with Crippen molar-refractivity contribution in [3.05, 3.63) is 24.4 Å². The number of aromatic nitrogens is 1. The Labute approximate surface area is 109 Å². The molecule has 0 spiro atoms. The van der Waals surface area contributed by atoms with Crippen LogP contribution in [0.4, 0.5) is 5.82 Å². The molecular weight excluding hydrogens is 226 g/mol. The summed E-state index contributed by atoms with van der Waals surface area (Å²) < 4.78 is 5.03. The SMILES string of the molecule is COCCNCC1CCN(c2ccccn2)CC1. The molecule has 2 heterocycles. The van der Waals surface area contributed by atoms with Crippen LogP contribution in [0.1, 0.15) is 12.8 Å². The van der Waals surface area contributed by atoms with Crippen LogP contribution in [0.5, 0.6) is 0 Å². The van der Waals surface area contributed by atoms with Gasteiger partial charge in [0.2, 0.25) is 0 Å². The van der Waals surface area contributed by atoms with Gasteiger partial charge in [-0.15, -0.1) is 0 Å². The normalized spacial score (nSPS) is 17.1. The largest absolute Gasteiger partial charge is 0.383 e. The Balaban J connectivity index is 1.68. The number of hydrogen-bond donors (Lipinski definition) is 1. The van der Waals surface area contributed by atoms with Gasteiger partial charge in [0.1, 0.15) is 5.82 Å². The highest BCUT2D eigenvalue weighted by Crippen LogP contribution is 2.20. The second kappa shape index (κ2) is 7.34. The van der Waals surface area contributed by atoms with Gasteiger partial charge in [-0.25, -0.2) is 4.98 Å². The predicted molar refractivity (Wildman–Crippen MR) is 73.9 cm³/mol. The molecule has 1 N–H and O–H groups in total. The molecule has 0 aliphatic carbocycles. The highest BCUT2D eigenvalue weighted by molar-refractivity contribution is 5.37. The smallest absolute Gasteiger partial charge is 0.128 e. The Morgan fingerprint density at radius 2 is 2.22 bits per heavy atom. The van der Waals surface area contributed by atoms with Crippen LogP contribution in [-0.4, -0.2) is 44.9 Å². The molecule has 18 heavy (non-hydrogen) atoms. The Kier molecular flexibility index (Phi) is 5.42. The molecule has 0 bridgehead atoms. The summed E-state index contributed by atoms with van der Waals surface area (Å²) in [5.74, 6) is 1.91. The summed E-state index contributed by atoms with van der Waals surface area (Å²) in [5, 5.41) is 3.45. The number of nitrogens with zero attached hydrogens (tertiary/aromatic N) is 2. The van der Waals surface area contributed by atoms with E-state index in [1.54, 1.807) is 7.11 Å². The fraction of sp³-hybridized carbons (Fsp3) is 0.643. The van der Waals surface area contributed by atoms with Gasteiger partial charge in [-0.1, -0.05) is 6.07 Å². The second-order valence-electron chi connectivity index (χ2n) is 4.82. The van der Waals surface area contributed by atoms with Crippen molar-refractivity contribution < 1.29 is 4.74 Å². The second-order valence-corrected chi connectivity index (χ2v) is 4.82. The molecule has 100 valence electrons. The minimum Gasteiger partial charge on any atom is -0.383 e. The van der Waals surface area contributed by atoms with Crippen LogP contribution in [-0.2, 0) is 4.74 Å². The van der Waals surface area contributed by atoms with E-state index in [-0.39, 0.29) is 0 Å². The Morgan fingerprint density at radius 3 is 2.89 bits per heavy atom. The Morgan fingerprint density at radius 1 is 1.39 bits per heavy atom. The van der Waals surface area contributed by atoms with Gasteiger partial charge in [0.05, 0.1) is 6.61 Å². The molecule has 1 saturated heterocycles. The fourth-order valence-corrected chi connectivity index (χ4v) is 2.39. The number of piperidine rings is 1. The third-order valence-electron chi connectivity index (χ3n) is 3.50. The maximum atomic E-state index is 5.03. The number of methoxy groups -OCH3 is 1. The van der Waals surface area contributed by atoms with Crippen molar-refractivity contribution in [1.82, 2.24) is 10.3 Å². The van der Waals surface area contributed by atoms with E-state index in [4.69, 9.17) is 4.74 Å². The number of pyridine rings is 1. The molecule has 1 aliphatic heterocycles. The molecule has 1 aliphatic rings. The van der Waals surface area contributed by atoms with E-state index in [1.165, 1.54) is 12.8 Å². The summed E-state index contributed by atoms with van der Waals surface area (Å²) in [4.78, 5) is 6.79. The summed E-state index contributed by atoms with van der Waals surface area (Å²) >= 11 is 0. The van der Waals surface area contributed by atoms with Crippen LogP contribution in [0.25, 0.3) is 0 Å². The van der Waals surface area contributed by atoms with Crippen LogP contribution in [0.15, 0.2) is 24.4 Å². The quantitative estimate of drug-likeness (QED) is 0.776. The van der Waals surface area contributed by atoms with E-state index in [0.29, 0.717) is 0 Å². The minimum atomic E-state index is 0.793. The lowest BCUT2D eigenvalue weighted by Crippen LogP contribution is -2.38. The molecule has 1 aromatic heterocycles. The zero-order valence-electron chi connectivity index (χ0n) is 11.1. The van der Waals surface area contributed by atoms with Gasteiger partial charge in [-0.2, -0.15) is 0 Å². The topological polar surface area (TPSA) is 37.4 Å². The van der Waals surface area contributed by atoms with Crippen LogP contribution in [0.2, 0.25) is 0 Å². The lowest BCUT2D eigenvalue weighted by atomic mass is 9.97. The highest BCUT2D eigenvalue weighted by atomic mass is 16.5. The molecule has 0 saturated carbocycles. The molecule has 2 rings (SSSR count). The maximum absolute atomic E-state index is 5.03. The Bertz CT molecular complexity index is 323. The van der Waals surface area contributed by atoms with Crippen molar-refractivity contribution in [3.8, 4) is 0 Å². The van der Waals surface area contributed by atoms with Gasteiger partial charge in [-0.05, 0) is 37.4 Å². The van der Waals surface area contributed by atoms with Gasteiger partial charge in [0.15, 0.2) is 0 Å². The molecule has 0 atom stereocenters. The Hall–Kier alpha value is -1.13. The summed E-state index contributed by atoms with van der Waals surface area (Å²) in [7, 11) is 1.74. The number of ether oxygens (including phenoxy) is 1. The van der Waals surface area contributed by atoms with Gasteiger partial charge in [0.25, 0.3) is 0 Å². The summed E-state index contributed by atoms with van der Waals surface area (Å²) in [6, 6.07) is 6.12. The maximum Gasteiger partial charge on any atom is 0.128 e. The third kappa shape index (κ3) is 3.96. The average Bonchev–Trinajstić information content (AvgIpc) is 2.45. The van der Waals surface area contributed by atoms with E-state index in [2.05, 4.69) is 27.3 Å². The molecule has 1 aromatic rings. The van der Waals surface area contributed by atoms with Crippen molar-refractivity contribution in [1.29, 1.82) is 0 Å². The number of hydrogen-bond acceptors (Lipinski definition) is 4. The monoisotopic (exact) mass is 249 g/mol. The average molecular weight is 249 g/mol. The van der Waals surface area contributed by atoms with Gasteiger partial charge in [0, 0.05) is 32.9 Å². The highest BCUT2D eigenvalue weighted by Gasteiger charge is 2.19. The van der Waals surface area contributed by atoms with Gasteiger partial charge in [-0.3, -0.25) is 0 Å². The zero-order chi connectivity index (χ0) is 12.6. The molecule has 4 nitrogen and oxygen atoms in total. The van der Waals surface area contributed by atoms with Gasteiger partial charge >= 0.3 is 0 Å². The standard InChI is InChI=1S/C14H23N3O/c1-18-11-8-15-12-13-5-9-17(10-6-13)14-4-2-3-7-16-14/h2-4,7,13,15H,5-6,8-12H2,1H3. The van der Waals surface area contributed by atoms with Crippen molar-refractivity contribution in [2.24, 2.45) is 5.92 Å². The lowest BCUT2D eigenvalue weighted by Gasteiger charge is -2.32. The predicted octanol–water partition coefficient (Wildman–Crippen LogP) is 1.53. The van der Waals surface area contributed by atoms with E-state index < -0.39 is 0 Å². The van der Waals surface area contributed by atoms with Crippen LogP contribution >= 0.6 is 0 Å².